The third kappa shape index (κ3) is 4.49. The molecule has 114 valence electrons. The normalized spacial score (nSPS) is 10.0. The highest BCUT2D eigenvalue weighted by atomic mass is 32.2. The summed E-state index contributed by atoms with van der Waals surface area (Å²) >= 11 is 1.15. The Morgan fingerprint density at radius 1 is 1.41 bits per heavy atom. The van der Waals surface area contributed by atoms with E-state index in [1.807, 2.05) is 18.2 Å². The molecule has 0 saturated heterocycles. The summed E-state index contributed by atoms with van der Waals surface area (Å²) in [5.74, 6) is 1.11. The largest absolute Gasteiger partial charge is 0.497 e. The number of nitrogens with one attached hydrogen (secondary N) is 1. The fraction of sp³-hybridized carbons (Fsp3) is 0.286. The second-order valence-electron chi connectivity index (χ2n) is 4.15. The number of carbonyl (C=O) groups is 1. The number of nitriles is 1. The van der Waals surface area contributed by atoms with Gasteiger partial charge in [0.15, 0.2) is 0 Å². The summed E-state index contributed by atoms with van der Waals surface area (Å²) in [6.45, 7) is 0.344. The molecule has 0 aliphatic carbocycles. The van der Waals surface area contributed by atoms with E-state index in [1.165, 1.54) is 0 Å². The van der Waals surface area contributed by atoms with Gasteiger partial charge in [-0.2, -0.15) is 5.26 Å². The molecule has 1 N–H and O–H groups in total. The van der Waals surface area contributed by atoms with Crippen LogP contribution in [-0.2, 0) is 4.79 Å². The maximum absolute atomic E-state index is 11.5. The number of hydrogen-bond donors (Lipinski definition) is 1. The zero-order valence-corrected chi connectivity index (χ0v) is 12.7. The summed E-state index contributed by atoms with van der Waals surface area (Å²) in [5, 5.41) is 19.2. The van der Waals surface area contributed by atoms with E-state index in [4.69, 9.17) is 14.4 Å². The van der Waals surface area contributed by atoms with E-state index in [0.29, 0.717) is 24.1 Å². The van der Waals surface area contributed by atoms with Crippen molar-refractivity contribution < 1.29 is 13.9 Å². The Balaban J connectivity index is 1.88. The number of amides is 1. The van der Waals surface area contributed by atoms with E-state index in [1.54, 1.807) is 19.2 Å². The second-order valence-corrected chi connectivity index (χ2v) is 5.07. The van der Waals surface area contributed by atoms with E-state index in [0.717, 1.165) is 23.1 Å². The number of thioether (sulfide) groups is 1. The van der Waals surface area contributed by atoms with Gasteiger partial charge in [-0.25, -0.2) is 0 Å². The summed E-state index contributed by atoms with van der Waals surface area (Å²) in [5.41, 5.74) is 0.777. The Morgan fingerprint density at radius 2 is 2.18 bits per heavy atom. The number of methoxy groups -OCH3 is 1. The molecule has 0 aliphatic rings. The van der Waals surface area contributed by atoms with Crippen LogP contribution in [-0.4, -0.2) is 35.5 Å². The van der Waals surface area contributed by atoms with E-state index in [-0.39, 0.29) is 11.7 Å². The summed E-state index contributed by atoms with van der Waals surface area (Å²) in [6, 6.07) is 9.19. The standard InChI is InChI=1S/C14H14N4O3S/c1-20-11-5-3-10(4-6-11)13-17-18-14(21-13)22-9-12(19)16-8-2-7-15/h3-6H,2,8-9H2,1H3,(H,16,19). The quantitative estimate of drug-likeness (QED) is 0.614. The molecule has 8 heteroatoms. The highest BCUT2D eigenvalue weighted by Crippen LogP contribution is 2.24. The smallest absolute Gasteiger partial charge is 0.277 e. The molecule has 0 spiro atoms. The van der Waals surface area contributed by atoms with Crippen molar-refractivity contribution in [2.75, 3.05) is 19.4 Å². The minimum absolute atomic E-state index is 0.162. The van der Waals surface area contributed by atoms with Gasteiger partial charge in [-0.3, -0.25) is 4.79 Å². The molecule has 0 atom stereocenters. The van der Waals surface area contributed by atoms with Gasteiger partial charge < -0.3 is 14.5 Å². The highest BCUT2D eigenvalue weighted by molar-refractivity contribution is 7.99. The molecular weight excluding hydrogens is 304 g/mol. The molecule has 0 bridgehead atoms. The SMILES string of the molecule is COc1ccc(-c2nnc(SCC(=O)NCCC#N)o2)cc1. The van der Waals surface area contributed by atoms with Gasteiger partial charge in [0.1, 0.15) is 5.75 Å². The number of ether oxygens (including phenoxy) is 1. The molecule has 0 saturated carbocycles. The van der Waals surface area contributed by atoms with Crippen molar-refractivity contribution in [3.8, 4) is 23.3 Å². The monoisotopic (exact) mass is 318 g/mol. The lowest BCUT2D eigenvalue weighted by Gasteiger charge is -2.00. The van der Waals surface area contributed by atoms with Gasteiger partial charge in [-0.15, -0.1) is 10.2 Å². The van der Waals surface area contributed by atoms with Gasteiger partial charge in [0, 0.05) is 12.1 Å². The Labute approximate surface area is 131 Å². The number of nitrogens with zero attached hydrogens (tertiary/aromatic N) is 3. The minimum atomic E-state index is -0.176. The van der Waals surface area contributed by atoms with Crippen LogP contribution in [0.5, 0.6) is 5.75 Å². The Bertz CT molecular complexity index is 663. The lowest BCUT2D eigenvalue weighted by atomic mass is 10.2. The van der Waals surface area contributed by atoms with Crippen LogP contribution < -0.4 is 10.1 Å². The predicted molar refractivity (Wildman–Crippen MR) is 80.2 cm³/mol. The van der Waals surface area contributed by atoms with Gasteiger partial charge in [-0.05, 0) is 24.3 Å². The molecule has 0 fully saturated rings. The van der Waals surface area contributed by atoms with Crippen molar-refractivity contribution in [3.63, 3.8) is 0 Å². The Kier molecular flexibility index (Phi) is 5.80. The van der Waals surface area contributed by atoms with Crippen LogP contribution in [0.1, 0.15) is 6.42 Å². The maximum atomic E-state index is 11.5. The second kappa shape index (κ2) is 8.05. The number of aromatic nitrogens is 2. The summed E-state index contributed by atoms with van der Waals surface area (Å²) < 4.78 is 10.6. The van der Waals surface area contributed by atoms with Crippen LogP contribution in [0, 0.1) is 11.3 Å². The Morgan fingerprint density at radius 3 is 2.86 bits per heavy atom. The van der Waals surface area contributed by atoms with E-state index in [2.05, 4.69) is 15.5 Å². The molecule has 2 aromatic rings. The van der Waals surface area contributed by atoms with Crippen molar-refractivity contribution in [2.45, 2.75) is 11.6 Å². The molecule has 1 amide bonds. The average molecular weight is 318 g/mol. The molecule has 0 aliphatic heterocycles. The molecule has 0 radical (unpaired) electrons. The van der Waals surface area contributed by atoms with Gasteiger partial charge in [0.05, 0.1) is 25.4 Å². The minimum Gasteiger partial charge on any atom is -0.497 e. The fourth-order valence-electron chi connectivity index (χ4n) is 1.55. The molecular formula is C14H14N4O3S. The van der Waals surface area contributed by atoms with Crippen LogP contribution in [0.15, 0.2) is 33.9 Å². The third-order valence-electron chi connectivity index (χ3n) is 2.63. The van der Waals surface area contributed by atoms with Crippen LogP contribution in [0.4, 0.5) is 0 Å². The molecule has 1 heterocycles. The first kappa shape index (κ1) is 15.9. The van der Waals surface area contributed by atoms with E-state index >= 15 is 0 Å². The number of benzene rings is 1. The van der Waals surface area contributed by atoms with Gasteiger partial charge in [0.25, 0.3) is 5.22 Å². The summed E-state index contributed by atoms with van der Waals surface area (Å²) in [6.07, 6.45) is 0.290. The highest BCUT2D eigenvalue weighted by Gasteiger charge is 2.11. The molecule has 7 nitrogen and oxygen atoms in total. The summed E-state index contributed by atoms with van der Waals surface area (Å²) in [7, 11) is 1.60. The topological polar surface area (TPSA) is 101 Å². The van der Waals surface area contributed by atoms with E-state index < -0.39 is 0 Å². The number of carbonyl (C=O) groups excluding carboxylic acids is 1. The fourth-order valence-corrected chi connectivity index (χ4v) is 2.15. The van der Waals surface area contributed by atoms with Crippen LogP contribution in [0.2, 0.25) is 0 Å². The Hall–Kier alpha value is -2.53. The van der Waals surface area contributed by atoms with Gasteiger partial charge >= 0.3 is 0 Å². The molecule has 1 aromatic carbocycles. The third-order valence-corrected chi connectivity index (χ3v) is 3.45. The first-order valence-corrected chi connectivity index (χ1v) is 7.46. The van der Waals surface area contributed by atoms with Crippen molar-refractivity contribution >= 4 is 17.7 Å². The lowest BCUT2D eigenvalue weighted by molar-refractivity contribution is -0.118. The molecule has 2 rings (SSSR count). The average Bonchev–Trinajstić information content (AvgIpc) is 3.02. The first-order valence-electron chi connectivity index (χ1n) is 6.47. The van der Waals surface area contributed by atoms with Gasteiger partial charge in [-0.1, -0.05) is 11.8 Å². The van der Waals surface area contributed by atoms with E-state index in [9.17, 15) is 4.79 Å². The van der Waals surface area contributed by atoms with Crippen LogP contribution >= 0.6 is 11.8 Å². The van der Waals surface area contributed by atoms with Crippen LogP contribution in [0.3, 0.4) is 0 Å². The number of hydrogen-bond acceptors (Lipinski definition) is 7. The van der Waals surface area contributed by atoms with Crippen molar-refractivity contribution in [3.05, 3.63) is 24.3 Å². The first-order chi connectivity index (χ1) is 10.7. The van der Waals surface area contributed by atoms with Crippen LogP contribution in [0.25, 0.3) is 11.5 Å². The van der Waals surface area contributed by atoms with Crippen molar-refractivity contribution in [1.82, 2.24) is 15.5 Å². The maximum Gasteiger partial charge on any atom is 0.277 e. The molecule has 22 heavy (non-hydrogen) atoms. The lowest BCUT2D eigenvalue weighted by Crippen LogP contribution is -2.25. The summed E-state index contributed by atoms with van der Waals surface area (Å²) in [4.78, 5) is 11.5. The van der Waals surface area contributed by atoms with Crippen molar-refractivity contribution in [2.24, 2.45) is 0 Å². The predicted octanol–water partition coefficient (Wildman–Crippen LogP) is 1.87. The zero-order valence-electron chi connectivity index (χ0n) is 11.9. The van der Waals surface area contributed by atoms with Crippen molar-refractivity contribution in [1.29, 1.82) is 5.26 Å². The molecule has 1 aromatic heterocycles. The zero-order chi connectivity index (χ0) is 15.8. The number of rotatable bonds is 7. The van der Waals surface area contributed by atoms with Gasteiger partial charge in [0.2, 0.25) is 11.8 Å². The molecule has 0 unspecified atom stereocenters.